The summed E-state index contributed by atoms with van der Waals surface area (Å²) in [4.78, 5) is 102. The van der Waals surface area contributed by atoms with Gasteiger partial charge in [-0.05, 0) is 49.0 Å². The third-order valence-electron chi connectivity index (χ3n) is 7.63. The zero-order valence-corrected chi connectivity index (χ0v) is 39.3. The zero-order valence-electron chi connectivity index (χ0n) is 32.8. The largest absolute Gasteiger partial charge is 0.465 e. The molecule has 0 N–H and O–H groups in total. The predicted octanol–water partition coefficient (Wildman–Crippen LogP) is 6.80. The summed E-state index contributed by atoms with van der Waals surface area (Å²) in [5, 5.41) is 0. The van der Waals surface area contributed by atoms with E-state index in [1.807, 2.05) is 0 Å². The second-order valence-electron chi connectivity index (χ2n) is 11.1. The van der Waals surface area contributed by atoms with E-state index in [1.165, 1.54) is 56.9 Å². The molecule has 4 heterocycles. The zero-order chi connectivity index (χ0) is 44.3. The Kier molecular flexibility index (Phi) is 18.9. The fraction of sp³-hybridized carbons (Fsp3) is 0.333. The molecule has 4 aliphatic rings. The highest BCUT2D eigenvalue weighted by atomic mass is 32.2. The summed E-state index contributed by atoms with van der Waals surface area (Å²) in [5.74, 6) is -5.91. The number of carbonyl (C=O) groups excluding carboxylic acids is 8. The van der Waals surface area contributed by atoms with Gasteiger partial charge >= 0.3 is 47.8 Å². The SMILES string of the molecule is COC(=O)C1=C(C(=O)OC)SC(=CC(CCCCC(C=C2SC(C(=O)OC)=C(C(=O)OC)S2)=C2SC(C(=O)OC)=C(C(=O)OC)S2)=C2SC(C(=O)OC)=C(C(=O)OC)S2)S1. The lowest BCUT2D eigenvalue weighted by atomic mass is 10.1. The molecule has 0 saturated heterocycles. The Morgan fingerprint density at radius 1 is 0.333 bits per heavy atom. The lowest BCUT2D eigenvalue weighted by Gasteiger charge is -2.11. The maximum absolute atomic E-state index is 12.8. The molecule has 0 saturated carbocycles. The molecule has 4 rings (SSSR count). The highest BCUT2D eigenvalue weighted by molar-refractivity contribution is 8.31. The molecule has 4 aliphatic heterocycles. The van der Waals surface area contributed by atoms with Crippen LogP contribution >= 0.6 is 94.1 Å². The number of allylic oxidation sites excluding steroid dienone is 4. The van der Waals surface area contributed by atoms with Crippen LogP contribution in [0, 0.1) is 0 Å². The van der Waals surface area contributed by atoms with Crippen LogP contribution in [0.1, 0.15) is 25.7 Å². The van der Waals surface area contributed by atoms with E-state index < -0.39 is 47.8 Å². The molecule has 0 aromatic carbocycles. The van der Waals surface area contributed by atoms with Gasteiger partial charge in [0.1, 0.15) is 39.2 Å². The van der Waals surface area contributed by atoms with Crippen molar-refractivity contribution in [1.82, 2.24) is 0 Å². The molecule has 0 unspecified atom stereocenters. The van der Waals surface area contributed by atoms with Gasteiger partial charge in [0.25, 0.3) is 0 Å². The second-order valence-corrected chi connectivity index (χ2v) is 20.5. The Bertz CT molecular complexity index is 1890. The van der Waals surface area contributed by atoms with Crippen LogP contribution in [0.5, 0.6) is 0 Å². The molecule has 0 radical (unpaired) electrons. The van der Waals surface area contributed by atoms with Crippen molar-refractivity contribution < 1.29 is 76.3 Å². The van der Waals surface area contributed by atoms with Crippen LogP contribution in [0.3, 0.4) is 0 Å². The van der Waals surface area contributed by atoms with Crippen molar-refractivity contribution in [2.45, 2.75) is 25.7 Å². The van der Waals surface area contributed by atoms with Gasteiger partial charge in [0, 0.05) is 0 Å². The van der Waals surface area contributed by atoms with E-state index >= 15 is 0 Å². The van der Waals surface area contributed by atoms with E-state index in [2.05, 4.69) is 0 Å². The van der Waals surface area contributed by atoms with Crippen molar-refractivity contribution in [2.75, 3.05) is 56.9 Å². The Balaban J connectivity index is 1.72. The van der Waals surface area contributed by atoms with Gasteiger partial charge in [0.15, 0.2) is 0 Å². The number of esters is 8. The van der Waals surface area contributed by atoms with Crippen LogP contribution in [0.2, 0.25) is 0 Å². The van der Waals surface area contributed by atoms with Gasteiger partial charge in [-0.3, -0.25) is 0 Å². The molecular formula is C36H34O16S8. The molecule has 0 atom stereocenters. The van der Waals surface area contributed by atoms with Crippen LogP contribution in [-0.2, 0) is 76.3 Å². The third kappa shape index (κ3) is 11.7. The van der Waals surface area contributed by atoms with Gasteiger partial charge in [-0.15, -0.1) is 0 Å². The van der Waals surface area contributed by atoms with Gasteiger partial charge in [-0.1, -0.05) is 94.1 Å². The summed E-state index contributed by atoms with van der Waals surface area (Å²) in [6.07, 6.45) is 5.11. The lowest BCUT2D eigenvalue weighted by Crippen LogP contribution is -2.08. The van der Waals surface area contributed by atoms with Gasteiger partial charge in [-0.2, -0.15) is 0 Å². The van der Waals surface area contributed by atoms with Crippen LogP contribution in [0.4, 0.5) is 0 Å². The Morgan fingerprint density at radius 2 is 0.517 bits per heavy atom. The highest BCUT2D eigenvalue weighted by Gasteiger charge is 2.38. The highest BCUT2D eigenvalue weighted by Crippen LogP contribution is 2.57. The minimum Gasteiger partial charge on any atom is -0.465 e. The molecular weight excluding hydrogens is 945 g/mol. The molecule has 60 heavy (non-hydrogen) atoms. The van der Waals surface area contributed by atoms with Gasteiger partial charge in [-0.25, -0.2) is 38.4 Å². The van der Waals surface area contributed by atoms with Crippen molar-refractivity contribution in [3.8, 4) is 0 Å². The Morgan fingerprint density at radius 3 is 0.700 bits per heavy atom. The number of hydrogen-bond donors (Lipinski definition) is 0. The van der Waals surface area contributed by atoms with Crippen molar-refractivity contribution in [2.24, 2.45) is 0 Å². The number of methoxy groups -OCH3 is 8. The summed E-state index contributed by atoms with van der Waals surface area (Å²) in [6, 6.07) is 0. The average Bonchev–Trinajstić information content (AvgIpc) is 4.10. The first-order valence-electron chi connectivity index (χ1n) is 16.7. The summed E-state index contributed by atoms with van der Waals surface area (Å²) in [7, 11) is 9.49. The van der Waals surface area contributed by atoms with Crippen molar-refractivity contribution >= 4 is 142 Å². The first kappa shape index (κ1) is 49.1. The number of ether oxygens (including phenoxy) is 8. The van der Waals surface area contributed by atoms with E-state index in [4.69, 9.17) is 37.9 Å². The molecule has 24 heteroatoms. The van der Waals surface area contributed by atoms with Crippen molar-refractivity contribution in [3.05, 3.63) is 79.5 Å². The number of carbonyl (C=O) groups is 8. The van der Waals surface area contributed by atoms with E-state index in [0.717, 1.165) is 94.1 Å². The third-order valence-corrected chi connectivity index (χ3v) is 17.8. The fourth-order valence-electron chi connectivity index (χ4n) is 4.81. The summed E-state index contributed by atoms with van der Waals surface area (Å²) in [6.45, 7) is 0. The quantitative estimate of drug-likeness (QED) is 0.0938. The van der Waals surface area contributed by atoms with Crippen LogP contribution in [0.15, 0.2) is 79.5 Å². The second kappa shape index (κ2) is 23.1. The van der Waals surface area contributed by atoms with Crippen molar-refractivity contribution in [3.63, 3.8) is 0 Å². The smallest absolute Gasteiger partial charge is 0.346 e. The molecule has 0 aromatic rings. The topological polar surface area (TPSA) is 210 Å². The van der Waals surface area contributed by atoms with Crippen LogP contribution < -0.4 is 0 Å². The monoisotopic (exact) mass is 978 g/mol. The van der Waals surface area contributed by atoms with Gasteiger partial charge in [0.2, 0.25) is 0 Å². The van der Waals surface area contributed by atoms with Gasteiger partial charge < -0.3 is 37.9 Å². The number of thioether (sulfide) groups is 8. The van der Waals surface area contributed by atoms with E-state index in [0.29, 0.717) is 53.8 Å². The minimum absolute atomic E-state index is 0.0256. The average molecular weight is 979 g/mol. The van der Waals surface area contributed by atoms with Crippen LogP contribution in [-0.4, -0.2) is 105 Å². The number of rotatable bonds is 15. The molecule has 0 aromatic heterocycles. The first-order valence-corrected chi connectivity index (χ1v) is 23.2. The molecule has 322 valence electrons. The van der Waals surface area contributed by atoms with Crippen LogP contribution in [0.25, 0.3) is 0 Å². The molecule has 0 amide bonds. The Labute approximate surface area is 377 Å². The summed E-state index contributed by atoms with van der Waals surface area (Å²) < 4.78 is 41.4. The lowest BCUT2D eigenvalue weighted by molar-refractivity contribution is -0.138. The molecule has 0 bridgehead atoms. The summed E-state index contributed by atoms with van der Waals surface area (Å²) in [5.41, 5.74) is 1.29. The van der Waals surface area contributed by atoms with E-state index in [9.17, 15) is 38.4 Å². The fourth-order valence-corrected chi connectivity index (χ4v) is 14.7. The number of unbranched alkanes of at least 4 members (excludes halogenated alkanes) is 1. The maximum Gasteiger partial charge on any atom is 0.346 e. The Hall–Kier alpha value is -3.52. The molecule has 16 nitrogen and oxygen atoms in total. The predicted molar refractivity (Wildman–Crippen MR) is 234 cm³/mol. The molecule has 0 fully saturated rings. The van der Waals surface area contributed by atoms with E-state index in [-0.39, 0.29) is 39.2 Å². The molecule has 0 aliphatic carbocycles. The van der Waals surface area contributed by atoms with Gasteiger partial charge in [0.05, 0.1) is 73.8 Å². The number of hydrogen-bond acceptors (Lipinski definition) is 24. The molecule has 0 spiro atoms. The van der Waals surface area contributed by atoms with E-state index in [1.54, 1.807) is 12.2 Å². The van der Waals surface area contributed by atoms with Crippen molar-refractivity contribution in [1.29, 1.82) is 0 Å². The minimum atomic E-state index is -0.743. The normalized spacial score (nSPS) is 16.2. The first-order chi connectivity index (χ1) is 28.7. The summed E-state index contributed by atoms with van der Waals surface area (Å²) >= 11 is 8.08. The standard InChI is InChI=1S/C36H34O16S8/c1-45-27(37)19-20(28(38)46-2)54-17(53-19)13-15(35-57-23(31(41)49-5)24(58-35)32(42)50-6)11-9-10-12-16(36-59-25(33(43)51-7)26(60-36)34(44)52-8)14-18-55-21(29(39)47-3)22(56-18)30(40)48-4/h13-14H,9-12H2,1-8H3. The maximum atomic E-state index is 12.8.